The van der Waals surface area contributed by atoms with Gasteiger partial charge in [-0.2, -0.15) is 5.10 Å². The number of aromatic nitrogens is 2. The van der Waals surface area contributed by atoms with Gasteiger partial charge in [0.1, 0.15) is 5.75 Å². The molecule has 1 aromatic heterocycles. The number of carbonyl (C=O) groups excluding carboxylic acids is 2. The number of nitrogens with one attached hydrogen (secondary N) is 2. The van der Waals surface area contributed by atoms with Crippen LogP contribution in [0.4, 0.5) is 5.82 Å². The third kappa shape index (κ3) is 5.86. The predicted molar refractivity (Wildman–Crippen MR) is 127 cm³/mol. The minimum Gasteiger partial charge on any atom is -0.497 e. The second-order valence-electron chi connectivity index (χ2n) is 7.43. The van der Waals surface area contributed by atoms with Crippen molar-refractivity contribution in [1.82, 2.24) is 15.1 Å². The summed E-state index contributed by atoms with van der Waals surface area (Å²) in [6, 6.07) is 25.9. The molecular weight excluding hydrogens is 416 g/mol. The van der Waals surface area contributed by atoms with Gasteiger partial charge in [0.25, 0.3) is 5.91 Å². The molecule has 2 amide bonds. The number of amides is 2. The number of rotatable bonds is 8. The number of carbonyl (C=O) groups is 2. The molecule has 2 N–H and O–H groups in total. The lowest BCUT2D eigenvalue weighted by Crippen LogP contribution is -2.24. The van der Waals surface area contributed by atoms with Gasteiger partial charge in [0.2, 0.25) is 5.91 Å². The zero-order valence-corrected chi connectivity index (χ0v) is 18.2. The van der Waals surface area contributed by atoms with Gasteiger partial charge in [-0.15, -0.1) is 0 Å². The molecule has 0 fully saturated rings. The first-order valence-electron chi connectivity index (χ1n) is 10.5. The summed E-state index contributed by atoms with van der Waals surface area (Å²) in [4.78, 5) is 24.8. The van der Waals surface area contributed by atoms with E-state index in [1.54, 1.807) is 36.2 Å². The lowest BCUT2D eigenvalue weighted by Gasteiger charge is -2.07. The summed E-state index contributed by atoms with van der Waals surface area (Å²) in [6.45, 7) is 0.387. The molecule has 4 rings (SSSR count). The van der Waals surface area contributed by atoms with Crippen LogP contribution in [-0.2, 0) is 17.8 Å². The fourth-order valence-corrected chi connectivity index (χ4v) is 3.27. The van der Waals surface area contributed by atoms with Crippen LogP contribution in [0.15, 0.2) is 91.1 Å². The Balaban J connectivity index is 1.28. The Kier molecular flexibility index (Phi) is 6.80. The summed E-state index contributed by atoms with van der Waals surface area (Å²) in [6.07, 6.45) is 2.09. The van der Waals surface area contributed by atoms with Crippen LogP contribution in [0.2, 0.25) is 0 Å². The molecule has 0 unspecified atom stereocenters. The van der Waals surface area contributed by atoms with Crippen LogP contribution >= 0.6 is 0 Å². The molecule has 0 bridgehead atoms. The monoisotopic (exact) mass is 440 g/mol. The molecular formula is C26H24N4O3. The van der Waals surface area contributed by atoms with Crippen LogP contribution in [0.3, 0.4) is 0 Å². The topological polar surface area (TPSA) is 85.2 Å². The highest BCUT2D eigenvalue weighted by atomic mass is 16.5. The maximum Gasteiger partial charge on any atom is 0.256 e. The van der Waals surface area contributed by atoms with Crippen LogP contribution in [0.25, 0.3) is 5.69 Å². The van der Waals surface area contributed by atoms with E-state index in [9.17, 15) is 9.59 Å². The molecule has 0 aliphatic carbocycles. The molecule has 0 aliphatic heterocycles. The lowest BCUT2D eigenvalue weighted by molar-refractivity contribution is -0.120. The minimum atomic E-state index is -0.247. The number of benzene rings is 3. The third-order valence-corrected chi connectivity index (χ3v) is 5.08. The summed E-state index contributed by atoms with van der Waals surface area (Å²) in [5.41, 5.74) is 3.24. The maximum absolute atomic E-state index is 12.5. The van der Waals surface area contributed by atoms with Gasteiger partial charge < -0.3 is 15.4 Å². The second kappa shape index (κ2) is 10.3. The highest BCUT2D eigenvalue weighted by Crippen LogP contribution is 2.13. The van der Waals surface area contributed by atoms with Crippen molar-refractivity contribution in [3.63, 3.8) is 0 Å². The van der Waals surface area contributed by atoms with Crippen molar-refractivity contribution in [3.8, 4) is 11.4 Å². The average Bonchev–Trinajstić information content (AvgIpc) is 3.32. The minimum absolute atomic E-state index is 0.0732. The number of hydrogen-bond acceptors (Lipinski definition) is 4. The van der Waals surface area contributed by atoms with E-state index in [0.29, 0.717) is 24.3 Å². The van der Waals surface area contributed by atoms with Crippen LogP contribution in [-0.4, -0.2) is 28.7 Å². The van der Waals surface area contributed by atoms with Gasteiger partial charge in [-0.25, -0.2) is 4.68 Å². The first-order valence-corrected chi connectivity index (χ1v) is 10.5. The molecule has 0 spiro atoms. The summed E-state index contributed by atoms with van der Waals surface area (Å²) >= 11 is 0. The number of anilines is 1. The Morgan fingerprint density at radius 3 is 2.27 bits per heavy atom. The van der Waals surface area contributed by atoms with Crippen molar-refractivity contribution in [2.45, 2.75) is 13.0 Å². The average molecular weight is 441 g/mol. The zero-order valence-electron chi connectivity index (χ0n) is 18.2. The van der Waals surface area contributed by atoms with Crippen LogP contribution < -0.4 is 15.4 Å². The zero-order chi connectivity index (χ0) is 23.0. The van der Waals surface area contributed by atoms with E-state index in [1.165, 1.54) is 0 Å². The molecule has 4 aromatic rings. The molecule has 0 saturated heterocycles. The fraction of sp³-hybridized carbons (Fsp3) is 0.115. The van der Waals surface area contributed by atoms with Crippen LogP contribution in [0.5, 0.6) is 5.75 Å². The van der Waals surface area contributed by atoms with E-state index in [0.717, 1.165) is 22.6 Å². The summed E-state index contributed by atoms with van der Waals surface area (Å²) in [5.74, 6) is 0.908. The first-order chi connectivity index (χ1) is 16.1. The smallest absolute Gasteiger partial charge is 0.256 e. The maximum atomic E-state index is 12.5. The van der Waals surface area contributed by atoms with Gasteiger partial charge in [0, 0.05) is 24.4 Å². The van der Waals surface area contributed by atoms with E-state index >= 15 is 0 Å². The molecule has 0 saturated carbocycles. The van der Waals surface area contributed by atoms with E-state index in [-0.39, 0.29) is 11.8 Å². The number of nitrogens with zero attached hydrogens (tertiary/aromatic N) is 2. The van der Waals surface area contributed by atoms with Gasteiger partial charge in [0.15, 0.2) is 5.82 Å². The van der Waals surface area contributed by atoms with E-state index < -0.39 is 0 Å². The lowest BCUT2D eigenvalue weighted by atomic mass is 10.1. The van der Waals surface area contributed by atoms with Crippen molar-refractivity contribution in [2.24, 2.45) is 0 Å². The van der Waals surface area contributed by atoms with Crippen molar-refractivity contribution in [2.75, 3.05) is 12.4 Å². The quantitative estimate of drug-likeness (QED) is 0.434. The highest BCUT2D eigenvalue weighted by Gasteiger charge is 2.09. The number of hydrogen-bond donors (Lipinski definition) is 2. The Hall–Kier alpha value is -4.39. The molecule has 7 nitrogen and oxygen atoms in total. The Bertz CT molecular complexity index is 1220. The molecule has 1 heterocycles. The molecule has 0 radical (unpaired) electrons. The molecule has 0 atom stereocenters. The SMILES string of the molecule is COc1ccc(CC(=O)NCc2ccc(C(=O)Nc3ccn(-c4ccccc4)n3)cc2)cc1. The van der Waals surface area contributed by atoms with Crippen molar-refractivity contribution in [3.05, 3.63) is 108 Å². The largest absolute Gasteiger partial charge is 0.497 e. The van der Waals surface area contributed by atoms with E-state index in [1.807, 2.05) is 66.7 Å². The summed E-state index contributed by atoms with van der Waals surface area (Å²) in [5, 5.41) is 10.1. The first kappa shape index (κ1) is 21.8. The predicted octanol–water partition coefficient (Wildman–Crippen LogP) is 3.99. The highest BCUT2D eigenvalue weighted by molar-refractivity contribution is 6.03. The van der Waals surface area contributed by atoms with Gasteiger partial charge >= 0.3 is 0 Å². The second-order valence-corrected chi connectivity index (χ2v) is 7.43. The molecule has 7 heteroatoms. The summed E-state index contributed by atoms with van der Waals surface area (Å²) in [7, 11) is 1.61. The van der Waals surface area contributed by atoms with Gasteiger partial charge in [-0.1, -0.05) is 42.5 Å². The summed E-state index contributed by atoms with van der Waals surface area (Å²) < 4.78 is 6.83. The van der Waals surface area contributed by atoms with Crippen molar-refractivity contribution < 1.29 is 14.3 Å². The Morgan fingerprint density at radius 1 is 0.879 bits per heavy atom. The molecule has 33 heavy (non-hydrogen) atoms. The van der Waals surface area contributed by atoms with Gasteiger partial charge in [-0.05, 0) is 47.5 Å². The molecule has 0 aliphatic rings. The molecule has 3 aromatic carbocycles. The Labute approximate surface area is 192 Å². The van der Waals surface area contributed by atoms with Crippen molar-refractivity contribution >= 4 is 17.6 Å². The third-order valence-electron chi connectivity index (χ3n) is 5.08. The number of methoxy groups -OCH3 is 1. The van der Waals surface area contributed by atoms with Gasteiger partial charge in [0.05, 0.1) is 19.2 Å². The van der Waals surface area contributed by atoms with Gasteiger partial charge in [-0.3, -0.25) is 9.59 Å². The van der Waals surface area contributed by atoms with E-state index in [4.69, 9.17) is 4.74 Å². The Morgan fingerprint density at radius 2 is 1.58 bits per heavy atom. The molecule has 166 valence electrons. The van der Waals surface area contributed by atoms with Crippen LogP contribution in [0, 0.1) is 0 Å². The number of para-hydroxylation sites is 1. The fourth-order valence-electron chi connectivity index (χ4n) is 3.27. The van der Waals surface area contributed by atoms with Crippen molar-refractivity contribution in [1.29, 1.82) is 0 Å². The standard InChI is InChI=1S/C26H24N4O3/c1-33-23-13-9-19(10-14-23)17-25(31)27-18-20-7-11-21(12-8-20)26(32)28-24-15-16-30(29-24)22-5-3-2-4-6-22/h2-16H,17-18H2,1H3,(H,27,31)(H,28,29,32). The van der Waals surface area contributed by atoms with Crippen LogP contribution in [0.1, 0.15) is 21.5 Å². The van der Waals surface area contributed by atoms with E-state index in [2.05, 4.69) is 15.7 Å². The number of ether oxygens (including phenoxy) is 1. The normalized spacial score (nSPS) is 10.5.